The third-order valence-electron chi connectivity index (χ3n) is 2.40. The van der Waals surface area contributed by atoms with Crippen molar-refractivity contribution in [3.63, 3.8) is 0 Å². The van der Waals surface area contributed by atoms with Gasteiger partial charge < -0.3 is 5.11 Å². The molecule has 13 heavy (non-hydrogen) atoms. The Balaban J connectivity index is 2.84. The van der Waals surface area contributed by atoms with E-state index in [1.165, 1.54) is 10.8 Å². The molecule has 0 amide bonds. The van der Waals surface area contributed by atoms with E-state index in [1.807, 2.05) is 24.3 Å². The molecule has 1 nitrogen and oxygen atoms in total. The van der Waals surface area contributed by atoms with E-state index in [2.05, 4.69) is 20.0 Å². The predicted octanol–water partition coefficient (Wildman–Crippen LogP) is 0.591. The maximum absolute atomic E-state index is 9.13. The second-order valence-corrected chi connectivity index (χ2v) is 3.25. The van der Waals surface area contributed by atoms with E-state index in [1.54, 1.807) is 0 Å². The molecule has 0 bridgehead atoms. The molecule has 0 saturated carbocycles. The Morgan fingerprint density at radius 1 is 1.00 bits per heavy atom. The van der Waals surface area contributed by atoms with Gasteiger partial charge in [0.25, 0.3) is 0 Å². The fraction of sp³-hybridized carbons (Fsp3) is 0.0909. The van der Waals surface area contributed by atoms with Crippen LogP contribution in [0.25, 0.3) is 10.8 Å². The van der Waals surface area contributed by atoms with Gasteiger partial charge in [-0.2, -0.15) is 0 Å². The minimum absolute atomic E-state index is 0.112. The zero-order valence-corrected chi connectivity index (χ0v) is 7.62. The van der Waals surface area contributed by atoms with E-state index in [4.69, 9.17) is 5.11 Å². The minimum Gasteiger partial charge on any atom is -0.392 e. The zero-order chi connectivity index (χ0) is 9.26. The van der Waals surface area contributed by atoms with E-state index in [9.17, 15) is 0 Å². The maximum atomic E-state index is 9.13. The first-order valence-corrected chi connectivity index (χ1v) is 4.41. The summed E-state index contributed by atoms with van der Waals surface area (Å²) in [6.45, 7) is 0.112. The molecule has 2 heteroatoms. The van der Waals surface area contributed by atoms with Crippen LogP contribution in [0, 0.1) is 0 Å². The van der Waals surface area contributed by atoms with Gasteiger partial charge in [0.1, 0.15) is 7.85 Å². The smallest absolute Gasteiger partial charge is 0.140 e. The van der Waals surface area contributed by atoms with Crippen LogP contribution in [-0.4, -0.2) is 13.0 Å². The van der Waals surface area contributed by atoms with E-state index in [0.717, 1.165) is 10.9 Å². The van der Waals surface area contributed by atoms with Crippen molar-refractivity contribution in [3.8, 4) is 0 Å². The van der Waals surface area contributed by atoms with Crippen molar-refractivity contribution in [2.75, 3.05) is 0 Å². The molecule has 0 atom stereocenters. The highest BCUT2D eigenvalue weighted by Gasteiger charge is 1.99. The number of hydrogen-bond donors (Lipinski definition) is 1. The summed E-state index contributed by atoms with van der Waals surface area (Å²) in [5.41, 5.74) is 2.26. The fourth-order valence-corrected chi connectivity index (χ4v) is 1.67. The number of fused-ring (bicyclic) bond motifs is 1. The molecular formula is C11H11BO. The van der Waals surface area contributed by atoms with Crippen LogP contribution in [0.1, 0.15) is 5.56 Å². The van der Waals surface area contributed by atoms with Crippen LogP contribution in [0.4, 0.5) is 0 Å². The van der Waals surface area contributed by atoms with Crippen LogP contribution < -0.4 is 5.46 Å². The van der Waals surface area contributed by atoms with E-state index < -0.39 is 0 Å². The summed E-state index contributed by atoms with van der Waals surface area (Å²) in [6, 6.07) is 12.2. The standard InChI is InChI=1S/C11H11BO/c12-11-6-2-4-9-8(7-13)3-1-5-10(9)11/h1-6,13H,7,12H2. The number of rotatable bonds is 1. The maximum Gasteiger partial charge on any atom is 0.140 e. The topological polar surface area (TPSA) is 20.2 Å². The molecule has 2 rings (SSSR count). The Hall–Kier alpha value is -1.28. The Bertz CT molecular complexity index is 437. The van der Waals surface area contributed by atoms with E-state index in [0.29, 0.717) is 0 Å². The third kappa shape index (κ3) is 1.34. The number of aliphatic hydroxyl groups is 1. The molecule has 0 saturated heterocycles. The van der Waals surface area contributed by atoms with E-state index in [-0.39, 0.29) is 6.61 Å². The lowest BCUT2D eigenvalue weighted by atomic mass is 9.89. The fourth-order valence-electron chi connectivity index (χ4n) is 1.67. The van der Waals surface area contributed by atoms with Crippen LogP contribution in [0.15, 0.2) is 36.4 Å². The van der Waals surface area contributed by atoms with Crippen molar-refractivity contribution in [1.82, 2.24) is 0 Å². The highest BCUT2D eigenvalue weighted by molar-refractivity contribution is 6.38. The van der Waals surface area contributed by atoms with Gasteiger partial charge in [0, 0.05) is 0 Å². The highest BCUT2D eigenvalue weighted by atomic mass is 16.3. The molecule has 2 aromatic rings. The summed E-state index contributed by atoms with van der Waals surface area (Å²) in [6.07, 6.45) is 0. The molecule has 0 aliphatic carbocycles. The normalized spacial score (nSPS) is 10.5. The molecule has 0 heterocycles. The molecule has 0 aliphatic heterocycles. The van der Waals surface area contributed by atoms with Gasteiger partial charge in [-0.25, -0.2) is 0 Å². The van der Waals surface area contributed by atoms with Gasteiger partial charge in [0.05, 0.1) is 6.61 Å². The molecule has 0 unspecified atom stereocenters. The van der Waals surface area contributed by atoms with Crippen molar-refractivity contribution in [1.29, 1.82) is 0 Å². The van der Waals surface area contributed by atoms with Crippen LogP contribution in [0.3, 0.4) is 0 Å². The lowest BCUT2D eigenvalue weighted by molar-refractivity contribution is 0.283. The Labute approximate surface area is 78.4 Å². The molecule has 0 radical (unpaired) electrons. The van der Waals surface area contributed by atoms with Gasteiger partial charge >= 0.3 is 0 Å². The lowest BCUT2D eigenvalue weighted by Gasteiger charge is -2.05. The molecule has 2 aromatic carbocycles. The molecule has 0 fully saturated rings. The number of benzene rings is 2. The zero-order valence-electron chi connectivity index (χ0n) is 7.62. The van der Waals surface area contributed by atoms with Crippen LogP contribution >= 0.6 is 0 Å². The second-order valence-electron chi connectivity index (χ2n) is 3.25. The highest BCUT2D eigenvalue weighted by Crippen LogP contribution is 2.16. The van der Waals surface area contributed by atoms with Gasteiger partial charge in [-0.3, -0.25) is 0 Å². The lowest BCUT2D eigenvalue weighted by Crippen LogP contribution is -2.03. The van der Waals surface area contributed by atoms with Crippen molar-refractivity contribution < 1.29 is 5.11 Å². The summed E-state index contributed by atoms with van der Waals surface area (Å²) < 4.78 is 0. The van der Waals surface area contributed by atoms with Gasteiger partial charge in [0.15, 0.2) is 0 Å². The summed E-state index contributed by atoms with van der Waals surface area (Å²) in [7, 11) is 2.09. The Kier molecular flexibility index (Phi) is 2.07. The second kappa shape index (κ2) is 3.23. The largest absolute Gasteiger partial charge is 0.392 e. The Morgan fingerprint density at radius 2 is 1.69 bits per heavy atom. The van der Waals surface area contributed by atoms with Crippen LogP contribution in [0.5, 0.6) is 0 Å². The molecule has 64 valence electrons. The third-order valence-corrected chi connectivity index (χ3v) is 2.40. The number of aliphatic hydroxyl groups excluding tert-OH is 1. The minimum atomic E-state index is 0.112. The van der Waals surface area contributed by atoms with Gasteiger partial charge in [-0.05, 0) is 16.3 Å². The molecular weight excluding hydrogens is 159 g/mol. The van der Waals surface area contributed by atoms with Gasteiger partial charge in [-0.15, -0.1) is 0 Å². The average molecular weight is 170 g/mol. The number of hydrogen-bond acceptors (Lipinski definition) is 1. The van der Waals surface area contributed by atoms with E-state index >= 15 is 0 Å². The van der Waals surface area contributed by atoms with Gasteiger partial charge in [0.2, 0.25) is 0 Å². The quantitative estimate of drug-likeness (QED) is 0.621. The molecule has 0 spiro atoms. The summed E-state index contributed by atoms with van der Waals surface area (Å²) in [5.74, 6) is 0. The van der Waals surface area contributed by atoms with Crippen molar-refractivity contribution in [2.24, 2.45) is 0 Å². The van der Waals surface area contributed by atoms with Crippen LogP contribution in [-0.2, 0) is 6.61 Å². The SMILES string of the molecule is Bc1cccc2c(CO)cccc12. The van der Waals surface area contributed by atoms with Crippen molar-refractivity contribution >= 4 is 24.1 Å². The van der Waals surface area contributed by atoms with Crippen LogP contribution in [0.2, 0.25) is 0 Å². The van der Waals surface area contributed by atoms with Gasteiger partial charge in [-0.1, -0.05) is 41.9 Å². The average Bonchev–Trinajstić information content (AvgIpc) is 2.18. The monoisotopic (exact) mass is 170 g/mol. The predicted molar refractivity (Wildman–Crippen MR) is 58.0 cm³/mol. The molecule has 1 N–H and O–H groups in total. The summed E-state index contributed by atoms with van der Waals surface area (Å²) >= 11 is 0. The first kappa shape index (κ1) is 8.33. The van der Waals surface area contributed by atoms with Crippen molar-refractivity contribution in [2.45, 2.75) is 6.61 Å². The molecule has 0 aliphatic rings. The van der Waals surface area contributed by atoms with Crippen molar-refractivity contribution in [3.05, 3.63) is 42.0 Å². The summed E-state index contributed by atoms with van der Waals surface area (Å²) in [5, 5.41) is 11.5. The Morgan fingerprint density at radius 3 is 2.46 bits per heavy atom. The molecule has 0 aromatic heterocycles. The summed E-state index contributed by atoms with van der Waals surface area (Å²) in [4.78, 5) is 0. The first-order valence-electron chi connectivity index (χ1n) is 4.41. The first-order chi connectivity index (χ1) is 6.33.